The van der Waals surface area contributed by atoms with E-state index in [4.69, 9.17) is 4.74 Å². The Morgan fingerprint density at radius 1 is 1.30 bits per heavy atom. The van der Waals surface area contributed by atoms with E-state index in [0.717, 1.165) is 0 Å². The molecule has 3 N–H and O–H groups in total. The molecule has 1 unspecified atom stereocenters. The molecule has 0 aliphatic carbocycles. The zero-order valence-electron chi connectivity index (χ0n) is 13.0. The van der Waals surface area contributed by atoms with E-state index < -0.39 is 12.1 Å². The maximum absolute atomic E-state index is 13.4. The number of benzene rings is 2. The van der Waals surface area contributed by atoms with Crippen molar-refractivity contribution in [2.75, 3.05) is 19.0 Å². The molecule has 2 rings (SSSR count). The highest BCUT2D eigenvalue weighted by Crippen LogP contribution is 2.18. The van der Waals surface area contributed by atoms with Crippen LogP contribution in [0.3, 0.4) is 0 Å². The molecule has 0 radical (unpaired) electrons. The molecular formula is C17H19FN2O3. The van der Waals surface area contributed by atoms with E-state index in [9.17, 15) is 14.3 Å². The van der Waals surface area contributed by atoms with Gasteiger partial charge in [-0.3, -0.25) is 0 Å². The smallest absolute Gasteiger partial charge is 0.319 e. The molecule has 0 saturated heterocycles. The molecule has 23 heavy (non-hydrogen) atoms. The average Bonchev–Trinajstić information content (AvgIpc) is 2.56. The van der Waals surface area contributed by atoms with Gasteiger partial charge in [-0.1, -0.05) is 18.2 Å². The Morgan fingerprint density at radius 3 is 2.78 bits per heavy atom. The molecule has 1 atom stereocenters. The van der Waals surface area contributed by atoms with Gasteiger partial charge in [0.1, 0.15) is 11.6 Å². The summed E-state index contributed by atoms with van der Waals surface area (Å²) in [5, 5.41) is 15.1. The van der Waals surface area contributed by atoms with Crippen molar-refractivity contribution < 1.29 is 19.0 Å². The first kappa shape index (κ1) is 16.8. The van der Waals surface area contributed by atoms with E-state index in [-0.39, 0.29) is 12.4 Å². The van der Waals surface area contributed by atoms with Crippen LogP contribution in [0, 0.1) is 12.7 Å². The molecule has 0 aliphatic heterocycles. The number of hydrogen-bond donors (Lipinski definition) is 3. The Labute approximate surface area is 134 Å². The van der Waals surface area contributed by atoms with E-state index >= 15 is 0 Å². The van der Waals surface area contributed by atoms with Crippen LogP contribution in [0.4, 0.5) is 14.9 Å². The van der Waals surface area contributed by atoms with Crippen LogP contribution in [0.25, 0.3) is 0 Å². The number of halogens is 1. The minimum Gasteiger partial charge on any atom is -0.497 e. The van der Waals surface area contributed by atoms with Crippen molar-refractivity contribution in [3.05, 3.63) is 59.4 Å². The van der Waals surface area contributed by atoms with Crippen molar-refractivity contribution in [1.29, 1.82) is 0 Å². The quantitative estimate of drug-likeness (QED) is 0.793. The highest BCUT2D eigenvalue weighted by Gasteiger charge is 2.11. The molecule has 0 bridgehead atoms. The molecule has 6 heteroatoms. The number of urea groups is 1. The number of aryl methyl sites for hydroxylation is 1. The van der Waals surface area contributed by atoms with Crippen molar-refractivity contribution >= 4 is 11.7 Å². The number of aliphatic hydroxyl groups excluding tert-OH is 1. The van der Waals surface area contributed by atoms with Crippen molar-refractivity contribution in [3.8, 4) is 5.75 Å². The van der Waals surface area contributed by atoms with Crippen molar-refractivity contribution in [2.24, 2.45) is 0 Å². The minimum atomic E-state index is -0.870. The number of aliphatic hydroxyl groups is 1. The summed E-state index contributed by atoms with van der Waals surface area (Å²) in [5.74, 6) is 0.236. The monoisotopic (exact) mass is 318 g/mol. The van der Waals surface area contributed by atoms with Crippen LogP contribution in [0.1, 0.15) is 17.2 Å². The summed E-state index contributed by atoms with van der Waals surface area (Å²) in [6.45, 7) is 1.66. The largest absolute Gasteiger partial charge is 0.497 e. The molecule has 5 nitrogen and oxygen atoms in total. The lowest BCUT2D eigenvalue weighted by atomic mass is 10.1. The Hall–Kier alpha value is -2.60. The number of hydrogen-bond acceptors (Lipinski definition) is 3. The summed E-state index contributed by atoms with van der Waals surface area (Å²) in [6.07, 6.45) is -0.870. The van der Waals surface area contributed by atoms with Gasteiger partial charge in [-0.15, -0.1) is 0 Å². The molecule has 0 spiro atoms. The Kier molecular flexibility index (Phi) is 5.54. The second-order valence-electron chi connectivity index (χ2n) is 5.09. The molecule has 2 amide bonds. The Morgan fingerprint density at radius 2 is 2.09 bits per heavy atom. The molecule has 0 aromatic heterocycles. The zero-order valence-corrected chi connectivity index (χ0v) is 13.0. The standard InChI is InChI=1S/C17H19FN2O3/c1-11-6-7-13(9-15(11)18)20-17(22)19-10-16(21)12-4-3-5-14(8-12)23-2/h3-9,16,21H,10H2,1-2H3,(H2,19,20,22). The average molecular weight is 318 g/mol. The summed E-state index contributed by atoms with van der Waals surface area (Å²) in [6, 6.07) is 10.9. The molecule has 0 aliphatic rings. The first-order chi connectivity index (χ1) is 11.0. The maximum Gasteiger partial charge on any atom is 0.319 e. The number of rotatable bonds is 5. The van der Waals surface area contributed by atoms with Crippen LogP contribution in [-0.4, -0.2) is 24.8 Å². The van der Waals surface area contributed by atoms with E-state index in [1.54, 1.807) is 43.3 Å². The summed E-state index contributed by atoms with van der Waals surface area (Å²) in [5.41, 5.74) is 1.48. The number of ether oxygens (including phenoxy) is 1. The van der Waals surface area contributed by atoms with E-state index in [1.165, 1.54) is 13.2 Å². The molecular weight excluding hydrogens is 299 g/mol. The molecule has 0 fully saturated rings. The topological polar surface area (TPSA) is 70.6 Å². The lowest BCUT2D eigenvalue weighted by Gasteiger charge is -2.14. The van der Waals surface area contributed by atoms with Crippen LogP contribution >= 0.6 is 0 Å². The molecule has 122 valence electrons. The molecule has 2 aromatic carbocycles. The van der Waals surface area contributed by atoms with Crippen LogP contribution in [0.5, 0.6) is 5.75 Å². The number of anilines is 1. The highest BCUT2D eigenvalue weighted by atomic mass is 19.1. The van der Waals surface area contributed by atoms with Gasteiger partial charge in [-0.2, -0.15) is 0 Å². The predicted octanol–water partition coefficient (Wildman–Crippen LogP) is 3.00. The van der Waals surface area contributed by atoms with Crippen LogP contribution < -0.4 is 15.4 Å². The summed E-state index contributed by atoms with van der Waals surface area (Å²) in [4.78, 5) is 11.8. The van der Waals surface area contributed by atoms with Crippen LogP contribution in [-0.2, 0) is 0 Å². The first-order valence-electron chi connectivity index (χ1n) is 7.12. The lowest BCUT2D eigenvalue weighted by molar-refractivity contribution is 0.175. The fourth-order valence-corrected chi connectivity index (χ4v) is 2.00. The van der Waals surface area contributed by atoms with Crippen molar-refractivity contribution in [2.45, 2.75) is 13.0 Å². The number of nitrogens with one attached hydrogen (secondary N) is 2. The minimum absolute atomic E-state index is 0.0212. The number of amides is 2. The van der Waals surface area contributed by atoms with Gasteiger partial charge < -0.3 is 20.5 Å². The number of carbonyl (C=O) groups excluding carboxylic acids is 1. The zero-order chi connectivity index (χ0) is 16.8. The lowest BCUT2D eigenvalue weighted by Crippen LogP contribution is -2.32. The van der Waals surface area contributed by atoms with E-state index in [2.05, 4.69) is 10.6 Å². The maximum atomic E-state index is 13.4. The predicted molar refractivity (Wildman–Crippen MR) is 86.1 cm³/mol. The first-order valence-corrected chi connectivity index (χ1v) is 7.12. The fraction of sp³-hybridized carbons (Fsp3) is 0.235. The fourth-order valence-electron chi connectivity index (χ4n) is 2.00. The summed E-state index contributed by atoms with van der Waals surface area (Å²) >= 11 is 0. The number of methoxy groups -OCH3 is 1. The second kappa shape index (κ2) is 7.60. The van der Waals surface area contributed by atoms with E-state index in [0.29, 0.717) is 22.6 Å². The molecule has 2 aromatic rings. The SMILES string of the molecule is COc1cccc(C(O)CNC(=O)Nc2ccc(C)c(F)c2)c1. The second-order valence-corrected chi connectivity index (χ2v) is 5.09. The van der Waals surface area contributed by atoms with Gasteiger partial charge in [0, 0.05) is 12.2 Å². The third kappa shape index (κ3) is 4.69. The van der Waals surface area contributed by atoms with Crippen LogP contribution in [0.15, 0.2) is 42.5 Å². The molecule has 0 heterocycles. The van der Waals surface area contributed by atoms with Crippen LogP contribution in [0.2, 0.25) is 0 Å². The van der Waals surface area contributed by atoms with Gasteiger partial charge in [0.2, 0.25) is 0 Å². The summed E-state index contributed by atoms with van der Waals surface area (Å²) in [7, 11) is 1.54. The van der Waals surface area contributed by atoms with Gasteiger partial charge in [-0.05, 0) is 42.3 Å². The van der Waals surface area contributed by atoms with Gasteiger partial charge >= 0.3 is 6.03 Å². The van der Waals surface area contributed by atoms with Gasteiger partial charge in [-0.25, -0.2) is 9.18 Å². The van der Waals surface area contributed by atoms with Gasteiger partial charge in [0.25, 0.3) is 0 Å². The van der Waals surface area contributed by atoms with E-state index in [1.807, 2.05) is 0 Å². The molecule has 0 saturated carbocycles. The third-order valence-electron chi connectivity index (χ3n) is 3.36. The highest BCUT2D eigenvalue weighted by molar-refractivity contribution is 5.89. The normalized spacial score (nSPS) is 11.7. The van der Waals surface area contributed by atoms with Gasteiger partial charge in [0.15, 0.2) is 0 Å². The third-order valence-corrected chi connectivity index (χ3v) is 3.36. The Balaban J connectivity index is 1.89. The van der Waals surface area contributed by atoms with Crippen molar-refractivity contribution in [1.82, 2.24) is 5.32 Å². The van der Waals surface area contributed by atoms with Crippen molar-refractivity contribution in [3.63, 3.8) is 0 Å². The number of carbonyl (C=O) groups is 1. The van der Waals surface area contributed by atoms with Gasteiger partial charge in [0.05, 0.1) is 13.2 Å². The Bertz CT molecular complexity index is 691. The summed E-state index contributed by atoms with van der Waals surface area (Å²) < 4.78 is 18.5.